The van der Waals surface area contributed by atoms with Crippen molar-refractivity contribution < 1.29 is 9.59 Å². The van der Waals surface area contributed by atoms with Crippen LogP contribution < -0.4 is 10.2 Å². The largest absolute Gasteiger partial charge is 0.378 e. The SMILES string of the molecule is CN(C)c1ccc(NC(=O)c2ccccc2SCC(=O)N2CCCC2)cc1. The Morgan fingerprint density at radius 2 is 1.70 bits per heavy atom. The van der Waals surface area contributed by atoms with Gasteiger partial charge in [-0.05, 0) is 49.2 Å². The van der Waals surface area contributed by atoms with E-state index in [2.05, 4.69) is 5.32 Å². The molecular weight excluding hydrogens is 358 g/mol. The number of hydrogen-bond acceptors (Lipinski definition) is 4. The van der Waals surface area contributed by atoms with Crippen LogP contribution in [-0.4, -0.2) is 49.7 Å². The molecule has 0 saturated carbocycles. The summed E-state index contributed by atoms with van der Waals surface area (Å²) in [6, 6.07) is 15.1. The maximum absolute atomic E-state index is 12.7. The van der Waals surface area contributed by atoms with Crippen LogP contribution >= 0.6 is 11.8 Å². The van der Waals surface area contributed by atoms with Crippen molar-refractivity contribution in [2.75, 3.05) is 43.2 Å². The summed E-state index contributed by atoms with van der Waals surface area (Å²) < 4.78 is 0. The van der Waals surface area contributed by atoms with Crippen molar-refractivity contribution in [1.29, 1.82) is 0 Å². The van der Waals surface area contributed by atoms with E-state index in [-0.39, 0.29) is 11.8 Å². The van der Waals surface area contributed by atoms with Gasteiger partial charge in [-0.2, -0.15) is 0 Å². The van der Waals surface area contributed by atoms with E-state index in [4.69, 9.17) is 0 Å². The number of benzene rings is 2. The fraction of sp³-hybridized carbons (Fsp3) is 0.333. The van der Waals surface area contributed by atoms with Gasteiger partial charge in [0.25, 0.3) is 5.91 Å². The van der Waals surface area contributed by atoms with Crippen molar-refractivity contribution in [3.05, 3.63) is 54.1 Å². The standard InChI is InChI=1S/C21H25N3O2S/c1-23(2)17-11-9-16(10-12-17)22-21(26)18-7-3-4-8-19(18)27-15-20(25)24-13-5-6-14-24/h3-4,7-12H,5-6,13-15H2,1-2H3,(H,22,26). The highest BCUT2D eigenvalue weighted by Gasteiger charge is 2.19. The molecule has 2 amide bonds. The van der Waals surface area contributed by atoms with Crippen molar-refractivity contribution in [3.63, 3.8) is 0 Å². The van der Waals surface area contributed by atoms with Crippen LogP contribution in [0.5, 0.6) is 0 Å². The summed E-state index contributed by atoms with van der Waals surface area (Å²) >= 11 is 1.43. The zero-order valence-corrected chi connectivity index (χ0v) is 16.6. The molecule has 1 aliphatic rings. The molecule has 0 atom stereocenters. The topological polar surface area (TPSA) is 52.7 Å². The van der Waals surface area contributed by atoms with Crippen LogP contribution in [-0.2, 0) is 4.79 Å². The predicted octanol–water partition coefficient (Wildman–Crippen LogP) is 3.72. The van der Waals surface area contributed by atoms with E-state index in [9.17, 15) is 9.59 Å². The molecule has 0 aromatic heterocycles. The van der Waals surface area contributed by atoms with E-state index in [0.717, 1.165) is 42.2 Å². The van der Waals surface area contributed by atoms with Crippen LogP contribution in [0.2, 0.25) is 0 Å². The minimum Gasteiger partial charge on any atom is -0.378 e. The molecule has 0 spiro atoms. The van der Waals surface area contributed by atoms with E-state index >= 15 is 0 Å². The third kappa shape index (κ3) is 5.04. The number of hydrogen-bond donors (Lipinski definition) is 1. The summed E-state index contributed by atoms with van der Waals surface area (Å²) in [6.07, 6.45) is 2.17. The Balaban J connectivity index is 1.65. The van der Waals surface area contributed by atoms with Crippen molar-refractivity contribution >= 4 is 35.0 Å². The maximum atomic E-state index is 12.7. The number of anilines is 2. The molecule has 142 valence electrons. The molecule has 1 fully saturated rings. The summed E-state index contributed by atoms with van der Waals surface area (Å²) in [7, 11) is 3.95. The Hall–Kier alpha value is -2.47. The molecule has 5 nitrogen and oxygen atoms in total. The maximum Gasteiger partial charge on any atom is 0.256 e. The van der Waals surface area contributed by atoms with Gasteiger partial charge in [-0.15, -0.1) is 11.8 Å². The first kappa shape index (κ1) is 19.3. The fourth-order valence-corrected chi connectivity index (χ4v) is 3.97. The lowest BCUT2D eigenvalue weighted by molar-refractivity contribution is -0.127. The first-order valence-corrected chi connectivity index (χ1v) is 10.1. The zero-order valence-electron chi connectivity index (χ0n) is 15.8. The molecule has 0 radical (unpaired) electrons. The monoisotopic (exact) mass is 383 g/mol. The molecule has 0 bridgehead atoms. The normalized spacial score (nSPS) is 13.5. The van der Waals surface area contributed by atoms with E-state index in [0.29, 0.717) is 11.3 Å². The van der Waals surface area contributed by atoms with Gasteiger partial charge in [0, 0.05) is 43.5 Å². The van der Waals surface area contributed by atoms with Crippen LogP contribution in [0.1, 0.15) is 23.2 Å². The highest BCUT2D eigenvalue weighted by molar-refractivity contribution is 8.00. The molecule has 0 unspecified atom stereocenters. The number of rotatable bonds is 6. The number of carbonyl (C=O) groups excluding carboxylic acids is 2. The molecule has 2 aromatic carbocycles. The second kappa shape index (κ2) is 8.95. The number of nitrogens with one attached hydrogen (secondary N) is 1. The second-order valence-corrected chi connectivity index (χ2v) is 7.79. The Morgan fingerprint density at radius 1 is 1.04 bits per heavy atom. The van der Waals surface area contributed by atoms with E-state index in [1.54, 1.807) is 6.07 Å². The lowest BCUT2D eigenvalue weighted by Crippen LogP contribution is -2.29. The van der Waals surface area contributed by atoms with Crippen LogP contribution in [0.4, 0.5) is 11.4 Å². The summed E-state index contributed by atoms with van der Waals surface area (Å²) in [6.45, 7) is 1.70. The molecule has 1 heterocycles. The summed E-state index contributed by atoms with van der Waals surface area (Å²) in [4.78, 5) is 29.7. The minimum atomic E-state index is -0.163. The number of thioether (sulfide) groups is 1. The lowest BCUT2D eigenvalue weighted by Gasteiger charge is -2.16. The predicted molar refractivity (Wildman–Crippen MR) is 112 cm³/mol. The Kier molecular flexibility index (Phi) is 6.40. The summed E-state index contributed by atoms with van der Waals surface area (Å²) in [5.41, 5.74) is 2.41. The quantitative estimate of drug-likeness (QED) is 0.773. The first-order chi connectivity index (χ1) is 13.0. The second-order valence-electron chi connectivity index (χ2n) is 6.77. The van der Waals surface area contributed by atoms with Gasteiger partial charge in [0.2, 0.25) is 5.91 Å². The first-order valence-electron chi connectivity index (χ1n) is 9.13. The average Bonchev–Trinajstić information content (AvgIpc) is 3.21. The van der Waals surface area contributed by atoms with Crippen LogP contribution in [0.3, 0.4) is 0 Å². The third-order valence-electron chi connectivity index (χ3n) is 4.58. The molecule has 0 aliphatic carbocycles. The molecule has 1 saturated heterocycles. The molecular formula is C21H25N3O2S. The third-order valence-corrected chi connectivity index (χ3v) is 5.64. The van der Waals surface area contributed by atoms with Crippen molar-refractivity contribution in [1.82, 2.24) is 4.90 Å². The number of amides is 2. The van der Waals surface area contributed by atoms with Crippen LogP contribution in [0.15, 0.2) is 53.4 Å². The summed E-state index contributed by atoms with van der Waals surface area (Å²) in [5.74, 6) is 0.346. The van der Waals surface area contributed by atoms with E-state index in [1.807, 2.05) is 66.4 Å². The molecule has 3 rings (SSSR count). The van der Waals surface area contributed by atoms with Gasteiger partial charge >= 0.3 is 0 Å². The van der Waals surface area contributed by atoms with Crippen molar-refractivity contribution in [2.45, 2.75) is 17.7 Å². The molecule has 1 N–H and O–H groups in total. The Bertz CT molecular complexity index is 799. The minimum absolute atomic E-state index is 0.145. The van der Waals surface area contributed by atoms with Crippen LogP contribution in [0.25, 0.3) is 0 Å². The number of carbonyl (C=O) groups is 2. The number of nitrogens with zero attached hydrogens (tertiary/aromatic N) is 2. The van der Waals surface area contributed by atoms with Crippen molar-refractivity contribution in [3.8, 4) is 0 Å². The number of likely N-dealkylation sites (tertiary alicyclic amines) is 1. The lowest BCUT2D eigenvalue weighted by atomic mass is 10.2. The fourth-order valence-electron chi connectivity index (χ4n) is 3.02. The van der Waals surface area contributed by atoms with E-state index in [1.165, 1.54) is 11.8 Å². The molecule has 2 aromatic rings. The molecule has 1 aliphatic heterocycles. The molecule has 27 heavy (non-hydrogen) atoms. The zero-order chi connectivity index (χ0) is 19.2. The van der Waals surface area contributed by atoms with Crippen LogP contribution in [0, 0.1) is 0 Å². The van der Waals surface area contributed by atoms with E-state index < -0.39 is 0 Å². The van der Waals surface area contributed by atoms with Gasteiger partial charge in [-0.3, -0.25) is 9.59 Å². The smallest absolute Gasteiger partial charge is 0.256 e. The van der Waals surface area contributed by atoms with Gasteiger partial charge in [-0.1, -0.05) is 12.1 Å². The van der Waals surface area contributed by atoms with Gasteiger partial charge in [0.1, 0.15) is 0 Å². The average molecular weight is 384 g/mol. The Labute approximate surface area is 164 Å². The Morgan fingerprint density at radius 3 is 2.37 bits per heavy atom. The highest BCUT2D eigenvalue weighted by atomic mass is 32.2. The van der Waals surface area contributed by atoms with Crippen molar-refractivity contribution in [2.24, 2.45) is 0 Å². The molecule has 6 heteroatoms. The van der Waals surface area contributed by atoms with Gasteiger partial charge in [0.15, 0.2) is 0 Å². The van der Waals surface area contributed by atoms with Gasteiger partial charge < -0.3 is 15.1 Å². The summed E-state index contributed by atoms with van der Waals surface area (Å²) in [5, 5.41) is 2.94. The van der Waals surface area contributed by atoms with Gasteiger partial charge in [0.05, 0.1) is 11.3 Å². The van der Waals surface area contributed by atoms with Gasteiger partial charge in [-0.25, -0.2) is 0 Å². The highest BCUT2D eigenvalue weighted by Crippen LogP contribution is 2.25.